The molecule has 8 bridgehead atoms. The smallest absolute Gasteiger partial charge is 0.756 e. The number of rotatable bonds is 48. The number of nitrogens with two attached hydrogens (primary N) is 6. The number of fused-ring (bicyclic) bond motifs is 8. The topological polar surface area (TPSA) is 767 Å². The molecule has 1 aromatic carbocycles. The number of nitrogens with one attached hydrogen (secondary N) is 3. The van der Waals surface area contributed by atoms with Crippen LogP contribution in [0.3, 0.4) is 0 Å². The van der Waals surface area contributed by atoms with Crippen molar-refractivity contribution in [2.45, 2.75) is 226 Å². The van der Waals surface area contributed by atoms with Gasteiger partial charge in [0.15, 0.2) is 23.9 Å². The minimum absolute atomic E-state index is 0. The number of carbonyl (C=O) groups is 12. The summed E-state index contributed by atoms with van der Waals surface area (Å²) in [5, 5.41) is 99.3. The number of carboxylic acids is 4. The molecule has 0 radical (unpaired) electrons. The van der Waals surface area contributed by atoms with Crippen LogP contribution in [0.4, 0.5) is 5.82 Å². The van der Waals surface area contributed by atoms with Gasteiger partial charge in [0.2, 0.25) is 47.3 Å². The van der Waals surface area contributed by atoms with Gasteiger partial charge in [0.1, 0.15) is 36.3 Å². The molecule has 48 nitrogen and oxygen atoms in total. The number of primary amides is 5. The maximum Gasteiger partial charge on any atom is 3.00 e. The number of ether oxygens (including phenoxy) is 2. The Labute approximate surface area is 842 Å². The van der Waals surface area contributed by atoms with E-state index >= 15 is 0 Å². The molecule has 3 fully saturated rings. The Balaban J connectivity index is 0.00000108. The standard InChI is InChI=1S/C80H120N17O23P.C10H12N5O3.Co.In/c1-42-28-52-53(29-43(42)2)97(41-89-52)75-70(115)71(54(40-98)118-75)120-121(116,117)119-44(3)34-88-62(105)20-21-77(8)50(30-58(83)101)74-80(11)79(10,33-60(85)103)49(16-19-61(104)86-22-12-13-23-87-63(106)35-94(24-26-95(36-64(107)108)37-65(109)110)25-27-96(38-66(111)112)39-67(113)114)69(93-80)46(5)73-78(9,32-59(84)102)47(14-17-56(81)99)51(90-73)31-55-76(6,7)48(15-18-57(82)100)68(91-55)45(4)72(77)92-74;1-4-6(16)7(17)10(18-4)15-3-14-5-8(11)12-2-13-9(5)15;;/h28-29,31,41,44,47-50,54,70-71,74-75,98,115H,12-27,30,32-40H2,1-11H3,(H19,81,82,83,84,85,86,87,88,90,91,92,93,99,100,101,102,103,104,105,106,107,108,109,110,111,112,113,114,116,117);2-4,6-7,10,16-17H,1H2,(H2,11,12,13);;/q;-1;2*+3/p-5/t44-,47-,48-,49-,50+,54-,70-,71-,74-,75+,77-,78+,79+,80+;4-,6-,7-,10-;;/m11../s1. The van der Waals surface area contributed by atoms with E-state index in [9.17, 15) is 108 Å². The summed E-state index contributed by atoms with van der Waals surface area (Å²) in [6.07, 6.45) is -6.34. The van der Waals surface area contributed by atoms with Gasteiger partial charge in [-0.3, -0.25) is 82.0 Å². The number of carbonyl (C=O) groups excluding carboxylic acids is 11. The number of phosphoric ester groups is 1. The average Bonchev–Trinajstić information content (AvgIpc) is 1.52. The van der Waals surface area contributed by atoms with Crippen LogP contribution in [0.25, 0.3) is 27.5 Å². The first kappa shape index (κ1) is 116. The number of unbranched alkanes of at least 4 members (excludes halogenated alkanes) is 1. The summed E-state index contributed by atoms with van der Waals surface area (Å²) in [5.74, 6) is -14.5. The summed E-state index contributed by atoms with van der Waals surface area (Å²) < 4.78 is 39.0. The van der Waals surface area contributed by atoms with Crippen molar-refractivity contribution in [2.75, 3.05) is 90.9 Å². The zero-order chi connectivity index (χ0) is 103. The predicted octanol–water partition coefficient (Wildman–Crippen LogP) is -4.44. The van der Waals surface area contributed by atoms with E-state index in [2.05, 4.69) is 42.8 Å². The number of nitrogen functional groups attached to an aromatic ring is 1. The molecule has 20 N–H and O–H groups in total. The van der Waals surface area contributed by atoms with E-state index in [1.165, 1.54) is 39.9 Å². The van der Waals surface area contributed by atoms with Crippen molar-refractivity contribution >= 4 is 150 Å². The normalized spacial score (nSPS) is 28.5. The van der Waals surface area contributed by atoms with Crippen molar-refractivity contribution in [3.63, 3.8) is 0 Å². The van der Waals surface area contributed by atoms with Crippen molar-refractivity contribution in [3.8, 4) is 0 Å². The maximum atomic E-state index is 14.6. The number of aliphatic hydroxyl groups is 4. The Morgan fingerprint density at radius 2 is 1.21 bits per heavy atom. The largest absolute Gasteiger partial charge is 3.00 e. The molecule has 0 aliphatic carbocycles. The molecule has 8 amide bonds. The quantitative estimate of drug-likeness (QED) is 0.0113. The van der Waals surface area contributed by atoms with E-state index < -0.39 is 243 Å². The van der Waals surface area contributed by atoms with Gasteiger partial charge in [-0.1, -0.05) is 40.7 Å². The molecule has 4 aromatic rings. The summed E-state index contributed by atoms with van der Waals surface area (Å²) in [6.45, 7) is 18.0. The van der Waals surface area contributed by atoms with Crippen LogP contribution >= 0.6 is 7.82 Å². The SMILES string of the molecule is C/C1=C2/[N-][C@H]([C@H](CC(N)=O)[C@@]2(C)CCC(=O)NC[C@@H](C)OP(=O)([O-])O[C@H]2[C@@H](O)[C@@H](n3cnc4cc(C)c(C)cc43)O[C@@H]2CO)[C@]2(C)N=C(/C(C)=C3N=C(/C=C4N=C1[C@@H](CCC(N)=O)C\4(C)C)[C@@H](CCC(N)=O)[C@]\3(C)CC(N)=O)[C@@H](CCC(=O)NCCCCNC(=O)CN(CCN(CC(=O)[O-])CC(=O)[O-])CCN(CC(=O)[O-])CC(=O)O)[C@]2(C)CC(N)=O.[CH2-][C@H]1O[C@@H](n2cnc3c(N)ncnc32)[C@H](O)[C@@H]1O.[Co+3].[In+3]. The number of benzene rings is 1. The van der Waals surface area contributed by atoms with Crippen molar-refractivity contribution in [1.82, 2.24) is 59.7 Å². The van der Waals surface area contributed by atoms with Crippen molar-refractivity contribution in [2.24, 2.45) is 89.0 Å². The summed E-state index contributed by atoms with van der Waals surface area (Å²) in [7, 11) is -5.40. The first-order valence-electron chi connectivity index (χ1n) is 45.8. The molecule has 10 heterocycles. The summed E-state index contributed by atoms with van der Waals surface area (Å²) in [5.41, 5.74) is 36.5. The fraction of sp³-hybridized carbons (Fsp3) is 0.622. The zero-order valence-corrected chi connectivity index (χ0v) is 85.8. The molecule has 51 heteroatoms. The van der Waals surface area contributed by atoms with Crippen LogP contribution in [-0.4, -0.2) is 323 Å². The molecule has 770 valence electrons. The number of anilines is 1. The van der Waals surface area contributed by atoms with E-state index in [1.807, 2.05) is 46.8 Å². The van der Waals surface area contributed by atoms with Gasteiger partial charge in [0.25, 0.3) is 7.82 Å². The van der Waals surface area contributed by atoms with Crippen LogP contribution < -0.4 is 70.6 Å². The number of amides is 8. The molecule has 11 rings (SSSR count). The van der Waals surface area contributed by atoms with Crippen molar-refractivity contribution in [1.29, 1.82) is 0 Å². The number of aromatic nitrogens is 6. The van der Waals surface area contributed by atoms with Gasteiger partial charge in [0.05, 0.1) is 84.7 Å². The first-order chi connectivity index (χ1) is 65.1. The average molecular weight is 2140 g/mol. The molecular formula is C90H127CoInN22O26P. The number of carboxylic acid groups (broad SMARTS) is 4. The van der Waals surface area contributed by atoms with Gasteiger partial charge in [0, 0.05) is 167 Å². The number of aryl methyl sites for hydroxylation is 2. The van der Waals surface area contributed by atoms with E-state index in [-0.39, 0.29) is 158 Å². The minimum Gasteiger partial charge on any atom is -0.756 e. The van der Waals surface area contributed by atoms with Gasteiger partial charge < -0.3 is 146 Å². The number of hydrogen-bond acceptors (Lipinski definition) is 36. The molecule has 0 spiro atoms. The van der Waals surface area contributed by atoms with Gasteiger partial charge in [-0.25, -0.2) is 19.9 Å². The molecule has 1 unspecified atom stereocenters. The van der Waals surface area contributed by atoms with Crippen molar-refractivity contribution in [3.05, 3.63) is 88.8 Å². The third kappa shape index (κ3) is 27.3. The van der Waals surface area contributed by atoms with Gasteiger partial charge in [-0.05, 0) is 138 Å². The van der Waals surface area contributed by atoms with Gasteiger partial charge in [-0.2, -0.15) is 5.70 Å². The summed E-state index contributed by atoms with van der Waals surface area (Å²) >= 11 is 0. The maximum absolute atomic E-state index is 14.6. The third-order valence-corrected chi connectivity index (χ3v) is 29.1. The van der Waals surface area contributed by atoms with E-state index in [1.54, 1.807) is 40.7 Å². The van der Waals surface area contributed by atoms with Crippen LogP contribution in [0, 0.1) is 66.1 Å². The van der Waals surface area contributed by atoms with E-state index in [4.69, 9.17) is 73.2 Å². The van der Waals surface area contributed by atoms with Crippen LogP contribution in [0.15, 0.2) is 80.4 Å². The summed E-state index contributed by atoms with van der Waals surface area (Å²) in [4.78, 5) is 206. The molecule has 19 atom stereocenters. The molecule has 3 aromatic heterocycles. The third-order valence-electron chi connectivity index (χ3n) is 28.0. The molecule has 0 saturated carbocycles. The fourth-order valence-electron chi connectivity index (χ4n) is 20.4. The Bertz CT molecular complexity index is 5530. The fourth-order valence-corrected chi connectivity index (χ4v) is 21.5. The molecule has 7 aliphatic heterocycles. The van der Waals surface area contributed by atoms with Crippen LogP contribution in [0.5, 0.6) is 0 Å². The van der Waals surface area contributed by atoms with Crippen LogP contribution in [0.2, 0.25) is 0 Å². The zero-order valence-electron chi connectivity index (χ0n) is 80.6. The number of aliphatic imine (C=N–C) groups is 3. The second-order valence-corrected chi connectivity index (χ2v) is 39.6. The Morgan fingerprint density at radius 1 is 0.645 bits per heavy atom. The van der Waals surface area contributed by atoms with Crippen molar-refractivity contribution < 1.29 is 143 Å². The number of hydrogen-bond donors (Lipinski definition) is 14. The number of imidazole rings is 2. The number of phosphoric acid groups is 1. The van der Waals surface area contributed by atoms with Gasteiger partial charge in [-0.15, -0.1) is 0 Å². The second kappa shape index (κ2) is 48.5. The Morgan fingerprint density at radius 3 is 1.77 bits per heavy atom. The Hall–Kier alpha value is -10.2. The molecule has 3 saturated heterocycles. The predicted molar refractivity (Wildman–Crippen MR) is 496 cm³/mol. The number of aliphatic hydroxyl groups excluding tert-OH is 4. The van der Waals surface area contributed by atoms with E-state index in [0.717, 1.165) is 20.9 Å². The number of nitrogens with zero attached hydrogens (tertiary/aromatic N) is 13. The Kier molecular flexibility index (Phi) is 39.9. The summed E-state index contributed by atoms with van der Waals surface area (Å²) in [6, 6.07) is 2.49. The second-order valence-electron chi connectivity index (χ2n) is 38.3. The molecule has 7 aliphatic rings. The number of aliphatic carboxylic acids is 4. The van der Waals surface area contributed by atoms with Gasteiger partial charge >= 0.3 is 48.6 Å². The first-order valence-corrected chi connectivity index (χ1v) is 47.2. The van der Waals surface area contributed by atoms with Crippen LogP contribution in [0.1, 0.15) is 169 Å². The molecule has 141 heavy (non-hydrogen) atoms. The minimum atomic E-state index is -5.40. The monoisotopic (exact) mass is 2140 g/mol. The van der Waals surface area contributed by atoms with E-state index in [0.29, 0.717) is 74.0 Å². The number of allylic oxidation sites excluding steroid dienone is 6. The van der Waals surface area contributed by atoms with Crippen LogP contribution in [-0.2, 0) is 97.4 Å². The molecular weight excluding hydrogens is 2010 g/mol.